The number of aryl methyl sites for hydroxylation is 1. The first-order valence-electron chi connectivity index (χ1n) is 10.2. The maximum absolute atomic E-state index is 12.9. The van der Waals surface area contributed by atoms with Crippen LogP contribution >= 0.6 is 0 Å². The van der Waals surface area contributed by atoms with E-state index in [0.29, 0.717) is 25.8 Å². The van der Waals surface area contributed by atoms with Crippen molar-refractivity contribution < 1.29 is 22.4 Å². The van der Waals surface area contributed by atoms with Crippen LogP contribution in [-0.2, 0) is 26.0 Å². The molecule has 2 aromatic rings. The van der Waals surface area contributed by atoms with Crippen LogP contribution < -0.4 is 10.6 Å². The fourth-order valence-corrected chi connectivity index (χ4v) is 5.21. The molecule has 0 spiro atoms. The molecule has 1 saturated heterocycles. The van der Waals surface area contributed by atoms with E-state index >= 15 is 0 Å². The third kappa shape index (κ3) is 5.89. The molecule has 1 fully saturated rings. The van der Waals surface area contributed by atoms with Crippen LogP contribution in [-0.4, -0.2) is 50.2 Å². The molecule has 0 aromatic heterocycles. The van der Waals surface area contributed by atoms with E-state index in [9.17, 15) is 22.4 Å². The predicted molar refractivity (Wildman–Crippen MR) is 114 cm³/mol. The van der Waals surface area contributed by atoms with Gasteiger partial charge in [-0.2, -0.15) is 4.31 Å². The van der Waals surface area contributed by atoms with E-state index in [0.717, 1.165) is 11.1 Å². The minimum absolute atomic E-state index is 0.0648. The number of halogens is 1. The van der Waals surface area contributed by atoms with Gasteiger partial charge in [-0.05, 0) is 56.0 Å². The average molecular weight is 448 g/mol. The van der Waals surface area contributed by atoms with Crippen molar-refractivity contribution in [1.29, 1.82) is 0 Å². The van der Waals surface area contributed by atoms with Gasteiger partial charge in [0.25, 0.3) is 0 Å². The maximum atomic E-state index is 12.9. The van der Waals surface area contributed by atoms with Crippen molar-refractivity contribution in [3.63, 3.8) is 0 Å². The van der Waals surface area contributed by atoms with E-state index in [1.165, 1.54) is 16.4 Å². The minimum Gasteiger partial charge on any atom is -0.348 e. The third-order valence-electron chi connectivity index (χ3n) is 5.27. The molecule has 0 aliphatic carbocycles. The Kier molecular flexibility index (Phi) is 7.40. The normalized spacial score (nSPS) is 16.8. The van der Waals surface area contributed by atoms with Gasteiger partial charge in [0.05, 0.1) is 4.90 Å². The Morgan fingerprint density at radius 2 is 1.68 bits per heavy atom. The minimum atomic E-state index is -3.67. The van der Waals surface area contributed by atoms with Gasteiger partial charge in [-0.25, -0.2) is 12.8 Å². The Bertz CT molecular complexity index is 1020. The zero-order valence-electron chi connectivity index (χ0n) is 17.3. The first-order valence-corrected chi connectivity index (χ1v) is 11.6. The van der Waals surface area contributed by atoms with Gasteiger partial charge < -0.3 is 10.6 Å². The zero-order valence-corrected chi connectivity index (χ0v) is 18.1. The molecule has 166 valence electrons. The molecule has 31 heavy (non-hydrogen) atoms. The van der Waals surface area contributed by atoms with Crippen molar-refractivity contribution >= 4 is 21.8 Å². The Balaban J connectivity index is 1.49. The highest BCUT2D eigenvalue weighted by Gasteiger charge is 2.35. The number of hydrogen-bond donors (Lipinski definition) is 2. The number of rotatable bonds is 7. The Labute approximate surface area is 181 Å². The summed E-state index contributed by atoms with van der Waals surface area (Å²) in [6.07, 6.45) is 1.76. The summed E-state index contributed by atoms with van der Waals surface area (Å²) in [5.74, 6) is -1.93. The monoisotopic (exact) mass is 447 g/mol. The standard InChI is InChI=1S/C22H26FN3O4S/c1-16-4-10-20(11-5-16)31(29,30)26-14-2-3-19(26)15-25-22(28)21(27)24-13-12-17-6-8-18(23)9-7-17/h4-11,19H,2-3,12-15H2,1H3,(H,24,27)(H,25,28). The SMILES string of the molecule is Cc1ccc(S(=O)(=O)N2CCCC2CNC(=O)C(=O)NCCc2ccc(F)cc2)cc1. The Morgan fingerprint density at radius 3 is 2.35 bits per heavy atom. The van der Waals surface area contributed by atoms with Crippen molar-refractivity contribution in [3.8, 4) is 0 Å². The highest BCUT2D eigenvalue weighted by atomic mass is 32.2. The van der Waals surface area contributed by atoms with Crippen molar-refractivity contribution in [3.05, 3.63) is 65.5 Å². The zero-order chi connectivity index (χ0) is 22.4. The van der Waals surface area contributed by atoms with Crippen LogP contribution in [0.3, 0.4) is 0 Å². The van der Waals surface area contributed by atoms with Gasteiger partial charge in [0.2, 0.25) is 10.0 Å². The van der Waals surface area contributed by atoms with Gasteiger partial charge in [0.15, 0.2) is 0 Å². The first-order chi connectivity index (χ1) is 14.8. The van der Waals surface area contributed by atoms with E-state index in [-0.39, 0.29) is 23.8 Å². The number of carbonyl (C=O) groups excluding carboxylic acids is 2. The molecule has 7 nitrogen and oxygen atoms in total. The second-order valence-corrected chi connectivity index (χ2v) is 9.46. The number of carbonyl (C=O) groups is 2. The van der Waals surface area contributed by atoms with Gasteiger partial charge in [-0.3, -0.25) is 9.59 Å². The van der Waals surface area contributed by atoms with Gasteiger partial charge in [-0.15, -0.1) is 0 Å². The van der Waals surface area contributed by atoms with Crippen LogP contribution in [0.5, 0.6) is 0 Å². The number of nitrogens with one attached hydrogen (secondary N) is 2. The summed E-state index contributed by atoms with van der Waals surface area (Å²) in [5, 5.41) is 5.05. The predicted octanol–water partition coefficient (Wildman–Crippen LogP) is 1.76. The topological polar surface area (TPSA) is 95.6 Å². The highest BCUT2D eigenvalue weighted by molar-refractivity contribution is 7.89. The number of hydrogen-bond acceptors (Lipinski definition) is 4. The van der Waals surface area contributed by atoms with E-state index in [4.69, 9.17) is 0 Å². The van der Waals surface area contributed by atoms with E-state index in [1.807, 2.05) is 6.92 Å². The molecule has 1 atom stereocenters. The summed E-state index contributed by atoms with van der Waals surface area (Å²) in [6, 6.07) is 12.1. The van der Waals surface area contributed by atoms with Crippen LogP contribution in [0.4, 0.5) is 4.39 Å². The van der Waals surface area contributed by atoms with Crippen molar-refractivity contribution in [2.75, 3.05) is 19.6 Å². The summed E-state index contributed by atoms with van der Waals surface area (Å²) in [4.78, 5) is 24.3. The molecule has 0 radical (unpaired) electrons. The van der Waals surface area contributed by atoms with Gasteiger partial charge in [0.1, 0.15) is 5.82 Å². The Hall–Kier alpha value is -2.78. The number of benzene rings is 2. The first kappa shape index (κ1) is 22.9. The summed E-state index contributed by atoms with van der Waals surface area (Å²) in [5.41, 5.74) is 1.81. The smallest absolute Gasteiger partial charge is 0.309 e. The van der Waals surface area contributed by atoms with Crippen LogP contribution in [0.25, 0.3) is 0 Å². The summed E-state index contributed by atoms with van der Waals surface area (Å²) < 4.78 is 40.2. The molecular formula is C22H26FN3O4S. The van der Waals surface area contributed by atoms with Crippen LogP contribution in [0.2, 0.25) is 0 Å². The maximum Gasteiger partial charge on any atom is 0.309 e. The molecule has 1 aliphatic heterocycles. The molecule has 2 aromatic carbocycles. The number of nitrogens with zero attached hydrogens (tertiary/aromatic N) is 1. The summed E-state index contributed by atoms with van der Waals surface area (Å²) in [6.45, 7) is 2.56. The second-order valence-electron chi connectivity index (χ2n) is 7.57. The molecule has 1 aliphatic rings. The molecule has 9 heteroatoms. The second kappa shape index (κ2) is 10.0. The highest BCUT2D eigenvalue weighted by Crippen LogP contribution is 2.25. The van der Waals surface area contributed by atoms with Crippen molar-refractivity contribution in [2.24, 2.45) is 0 Å². The van der Waals surface area contributed by atoms with E-state index in [1.54, 1.807) is 36.4 Å². The van der Waals surface area contributed by atoms with Gasteiger partial charge in [0, 0.05) is 25.7 Å². The fourth-order valence-electron chi connectivity index (χ4n) is 3.52. The van der Waals surface area contributed by atoms with E-state index < -0.39 is 27.9 Å². The van der Waals surface area contributed by atoms with Crippen LogP contribution in [0.15, 0.2) is 53.4 Å². The number of amides is 2. The van der Waals surface area contributed by atoms with Gasteiger partial charge in [-0.1, -0.05) is 29.8 Å². The quantitative estimate of drug-likeness (QED) is 0.633. The molecule has 1 heterocycles. The lowest BCUT2D eigenvalue weighted by Crippen LogP contribution is -2.47. The molecule has 3 rings (SSSR count). The van der Waals surface area contributed by atoms with Crippen LogP contribution in [0, 0.1) is 12.7 Å². The summed E-state index contributed by atoms with van der Waals surface area (Å²) in [7, 11) is -3.67. The molecule has 0 bridgehead atoms. The lowest BCUT2D eigenvalue weighted by Gasteiger charge is -2.24. The fraction of sp³-hybridized carbons (Fsp3) is 0.364. The lowest BCUT2D eigenvalue weighted by molar-refractivity contribution is -0.139. The molecular weight excluding hydrogens is 421 g/mol. The number of sulfonamides is 1. The Morgan fingerprint density at radius 1 is 1.03 bits per heavy atom. The van der Waals surface area contributed by atoms with E-state index in [2.05, 4.69) is 10.6 Å². The summed E-state index contributed by atoms with van der Waals surface area (Å²) >= 11 is 0. The molecule has 1 unspecified atom stereocenters. The van der Waals surface area contributed by atoms with Crippen molar-refractivity contribution in [1.82, 2.24) is 14.9 Å². The molecule has 0 saturated carbocycles. The molecule has 2 N–H and O–H groups in total. The third-order valence-corrected chi connectivity index (χ3v) is 7.23. The van der Waals surface area contributed by atoms with Crippen LogP contribution in [0.1, 0.15) is 24.0 Å². The lowest BCUT2D eigenvalue weighted by atomic mass is 10.1. The largest absolute Gasteiger partial charge is 0.348 e. The van der Waals surface area contributed by atoms with Gasteiger partial charge >= 0.3 is 11.8 Å². The molecule has 2 amide bonds. The van der Waals surface area contributed by atoms with Crippen molar-refractivity contribution in [2.45, 2.75) is 37.1 Å². The average Bonchev–Trinajstić information content (AvgIpc) is 3.23.